The van der Waals surface area contributed by atoms with Gasteiger partial charge in [-0.15, -0.1) is 6.58 Å². The van der Waals surface area contributed by atoms with E-state index >= 15 is 0 Å². The van der Waals surface area contributed by atoms with E-state index in [1.807, 2.05) is 0 Å². The van der Waals surface area contributed by atoms with Gasteiger partial charge in [0.05, 0.1) is 0 Å². The van der Waals surface area contributed by atoms with Crippen LogP contribution in [-0.4, -0.2) is 23.0 Å². The van der Waals surface area contributed by atoms with E-state index in [4.69, 9.17) is 5.11 Å². The van der Waals surface area contributed by atoms with Crippen LogP contribution in [0.2, 0.25) is 0 Å². The summed E-state index contributed by atoms with van der Waals surface area (Å²) in [6, 6.07) is 5.96. The first-order valence-corrected chi connectivity index (χ1v) is 6.02. The summed E-state index contributed by atoms with van der Waals surface area (Å²) < 4.78 is 1.01. The monoisotopic (exact) mass is 345 g/mol. The number of aliphatic carboxylic acids is 1. The molecule has 0 aromatic heterocycles. The average molecular weight is 345 g/mol. The molecule has 0 aliphatic carbocycles. The third kappa shape index (κ3) is 4.18. The van der Waals surface area contributed by atoms with Gasteiger partial charge >= 0.3 is 5.97 Å². The van der Waals surface area contributed by atoms with Gasteiger partial charge in [-0.2, -0.15) is 0 Å². The number of halogens is 1. The minimum Gasteiger partial charge on any atom is -0.480 e. The first-order valence-electron chi connectivity index (χ1n) is 4.94. The molecule has 0 saturated heterocycles. The van der Waals surface area contributed by atoms with Gasteiger partial charge in [-0.05, 0) is 53.3 Å². The van der Waals surface area contributed by atoms with Gasteiger partial charge in [-0.25, -0.2) is 4.79 Å². The Morgan fingerprint density at radius 3 is 2.47 bits per heavy atom. The van der Waals surface area contributed by atoms with Crippen LogP contribution in [0.5, 0.6) is 0 Å². The van der Waals surface area contributed by atoms with Crippen LogP contribution in [0.15, 0.2) is 36.9 Å². The third-order valence-corrected chi connectivity index (χ3v) is 2.83. The number of benzene rings is 1. The standard InChI is InChI=1S/C12H12INO3/c1-2-3-10(12(16)17)14-11(15)8-4-6-9(13)7-5-8/h2,4-7,10H,1,3H2,(H,14,15)(H,16,17). The number of amides is 1. The zero-order valence-electron chi connectivity index (χ0n) is 9.02. The van der Waals surface area contributed by atoms with Crippen molar-refractivity contribution in [3.05, 3.63) is 46.1 Å². The molecule has 17 heavy (non-hydrogen) atoms. The van der Waals surface area contributed by atoms with E-state index in [-0.39, 0.29) is 6.42 Å². The van der Waals surface area contributed by atoms with E-state index in [0.717, 1.165) is 3.57 Å². The molecule has 0 radical (unpaired) electrons. The van der Waals surface area contributed by atoms with Crippen molar-refractivity contribution < 1.29 is 14.7 Å². The van der Waals surface area contributed by atoms with Gasteiger partial charge in [-0.1, -0.05) is 6.08 Å². The molecule has 1 rings (SSSR count). The second kappa shape index (κ2) is 6.39. The number of rotatable bonds is 5. The maximum atomic E-state index is 11.7. The molecule has 1 aromatic rings. The van der Waals surface area contributed by atoms with Crippen molar-refractivity contribution in [2.75, 3.05) is 0 Å². The maximum absolute atomic E-state index is 11.7. The highest BCUT2D eigenvalue weighted by molar-refractivity contribution is 14.1. The summed E-state index contributed by atoms with van der Waals surface area (Å²) in [5.41, 5.74) is 0.445. The average Bonchev–Trinajstić information content (AvgIpc) is 2.29. The summed E-state index contributed by atoms with van der Waals surface area (Å²) in [6.45, 7) is 3.46. The Labute approximate surface area is 113 Å². The lowest BCUT2D eigenvalue weighted by molar-refractivity contribution is -0.139. The van der Waals surface area contributed by atoms with E-state index in [9.17, 15) is 9.59 Å². The quantitative estimate of drug-likeness (QED) is 0.634. The minimum absolute atomic E-state index is 0.200. The molecule has 1 amide bonds. The predicted octanol–water partition coefficient (Wildman–Crippen LogP) is 2.05. The SMILES string of the molecule is C=CCC(NC(=O)c1ccc(I)cc1)C(=O)O. The predicted molar refractivity (Wildman–Crippen MR) is 72.9 cm³/mol. The number of nitrogens with one attached hydrogen (secondary N) is 1. The summed E-state index contributed by atoms with van der Waals surface area (Å²) in [7, 11) is 0. The Morgan fingerprint density at radius 1 is 1.41 bits per heavy atom. The smallest absolute Gasteiger partial charge is 0.326 e. The van der Waals surface area contributed by atoms with Crippen molar-refractivity contribution >= 4 is 34.5 Å². The lowest BCUT2D eigenvalue weighted by Crippen LogP contribution is -2.40. The summed E-state index contributed by atoms with van der Waals surface area (Å²) in [5.74, 6) is -1.46. The van der Waals surface area contributed by atoms with Gasteiger partial charge in [0.2, 0.25) is 0 Å². The first-order chi connectivity index (χ1) is 8.04. The van der Waals surface area contributed by atoms with Crippen molar-refractivity contribution in [3.63, 3.8) is 0 Å². The van der Waals surface area contributed by atoms with E-state index in [1.165, 1.54) is 6.08 Å². The van der Waals surface area contributed by atoms with Crippen LogP contribution in [0.4, 0.5) is 0 Å². The largest absolute Gasteiger partial charge is 0.480 e. The number of carboxylic acid groups (broad SMARTS) is 1. The van der Waals surface area contributed by atoms with Gasteiger partial charge in [0.15, 0.2) is 0 Å². The molecule has 90 valence electrons. The Hall–Kier alpha value is -1.37. The van der Waals surface area contributed by atoms with Crippen LogP contribution in [-0.2, 0) is 4.79 Å². The fourth-order valence-electron chi connectivity index (χ4n) is 1.23. The van der Waals surface area contributed by atoms with E-state index in [2.05, 4.69) is 34.5 Å². The highest BCUT2D eigenvalue weighted by Gasteiger charge is 2.18. The molecule has 0 bridgehead atoms. The molecule has 2 N–H and O–H groups in total. The zero-order valence-corrected chi connectivity index (χ0v) is 11.2. The zero-order chi connectivity index (χ0) is 12.8. The molecule has 0 aliphatic heterocycles. The molecular formula is C12H12INO3. The van der Waals surface area contributed by atoms with Gasteiger partial charge in [0, 0.05) is 9.13 Å². The molecule has 4 nitrogen and oxygen atoms in total. The summed E-state index contributed by atoms with van der Waals surface area (Å²) >= 11 is 2.13. The Morgan fingerprint density at radius 2 is 2.00 bits per heavy atom. The van der Waals surface area contributed by atoms with Crippen molar-refractivity contribution in [2.45, 2.75) is 12.5 Å². The Balaban J connectivity index is 2.73. The Bertz CT molecular complexity index is 428. The van der Waals surface area contributed by atoms with Gasteiger partial charge in [0.1, 0.15) is 6.04 Å². The second-order valence-corrected chi connectivity index (χ2v) is 4.64. The van der Waals surface area contributed by atoms with Gasteiger partial charge in [0.25, 0.3) is 5.91 Å². The second-order valence-electron chi connectivity index (χ2n) is 3.40. The first kappa shape index (κ1) is 13.7. The fraction of sp³-hybridized carbons (Fsp3) is 0.167. The van der Waals surface area contributed by atoms with E-state index < -0.39 is 17.9 Å². The van der Waals surface area contributed by atoms with Crippen LogP contribution in [0, 0.1) is 3.57 Å². The van der Waals surface area contributed by atoms with Crippen LogP contribution < -0.4 is 5.32 Å². The van der Waals surface area contributed by atoms with Crippen molar-refractivity contribution in [1.29, 1.82) is 0 Å². The molecule has 0 spiro atoms. The van der Waals surface area contributed by atoms with Crippen LogP contribution in [0.25, 0.3) is 0 Å². The molecule has 0 aliphatic rings. The van der Waals surface area contributed by atoms with Crippen molar-refractivity contribution in [2.24, 2.45) is 0 Å². The number of hydrogen-bond acceptors (Lipinski definition) is 2. The minimum atomic E-state index is -1.07. The van der Waals surface area contributed by atoms with Crippen LogP contribution >= 0.6 is 22.6 Å². The molecule has 1 unspecified atom stereocenters. The number of carbonyl (C=O) groups excluding carboxylic acids is 1. The fourth-order valence-corrected chi connectivity index (χ4v) is 1.59. The molecular weight excluding hydrogens is 333 g/mol. The van der Waals surface area contributed by atoms with E-state index in [1.54, 1.807) is 24.3 Å². The Kier molecular flexibility index (Phi) is 5.14. The summed E-state index contributed by atoms with van der Waals surface area (Å²) in [5, 5.41) is 11.3. The topological polar surface area (TPSA) is 66.4 Å². The summed E-state index contributed by atoms with van der Waals surface area (Å²) in [4.78, 5) is 22.6. The maximum Gasteiger partial charge on any atom is 0.326 e. The van der Waals surface area contributed by atoms with Crippen LogP contribution in [0.1, 0.15) is 16.8 Å². The molecule has 0 saturated carbocycles. The molecule has 1 atom stereocenters. The van der Waals surface area contributed by atoms with E-state index in [0.29, 0.717) is 5.56 Å². The van der Waals surface area contributed by atoms with Gasteiger partial charge < -0.3 is 10.4 Å². The van der Waals surface area contributed by atoms with Crippen molar-refractivity contribution in [1.82, 2.24) is 5.32 Å². The van der Waals surface area contributed by atoms with Crippen molar-refractivity contribution in [3.8, 4) is 0 Å². The summed E-state index contributed by atoms with van der Waals surface area (Å²) in [6.07, 6.45) is 1.67. The molecule has 0 fully saturated rings. The highest BCUT2D eigenvalue weighted by atomic mass is 127. The third-order valence-electron chi connectivity index (χ3n) is 2.11. The van der Waals surface area contributed by atoms with Gasteiger partial charge in [-0.3, -0.25) is 4.79 Å². The highest BCUT2D eigenvalue weighted by Crippen LogP contribution is 2.07. The lowest BCUT2D eigenvalue weighted by atomic mass is 10.1. The normalized spacial score (nSPS) is 11.6. The molecule has 5 heteroatoms. The number of carboxylic acids is 1. The number of hydrogen-bond donors (Lipinski definition) is 2. The van der Waals surface area contributed by atoms with Crippen LogP contribution in [0.3, 0.4) is 0 Å². The molecule has 1 aromatic carbocycles. The number of carbonyl (C=O) groups is 2. The molecule has 0 heterocycles. The lowest BCUT2D eigenvalue weighted by Gasteiger charge is -2.12.